The largest absolute Gasteiger partial charge is 0.506 e. The molecule has 6 heteroatoms. The quantitative estimate of drug-likeness (QED) is 0.591. The summed E-state index contributed by atoms with van der Waals surface area (Å²) >= 11 is 6.06. The Labute approximate surface area is 122 Å². The minimum absolute atomic E-state index is 0.0405. The van der Waals surface area contributed by atoms with Gasteiger partial charge in [0.2, 0.25) is 0 Å². The molecule has 1 aromatic carbocycles. The van der Waals surface area contributed by atoms with Crippen molar-refractivity contribution in [2.24, 2.45) is 10.8 Å². The molecule has 0 unspecified atom stereocenters. The number of carbonyl (C=O) groups excluding carboxylic acids is 1. The Kier molecular flexibility index (Phi) is 4.84. The highest BCUT2D eigenvalue weighted by atomic mass is 35.5. The molecule has 0 radical (unpaired) electrons. The van der Waals surface area contributed by atoms with Crippen molar-refractivity contribution in [3.05, 3.63) is 28.3 Å². The number of aromatic hydroxyl groups is 1. The standard InChI is InChI=1S/C14H18ClN3O2/c15-12-7-10(9-4-2-1-3-5-9)6-11(13(12)19)8-17-18-14(16)20/h6-9,19H,1-5H2,(H3,16,18,20)/b17-8-. The molecule has 0 heterocycles. The zero-order chi connectivity index (χ0) is 14.5. The second-order valence-corrected chi connectivity index (χ2v) is 5.42. The number of nitrogens with one attached hydrogen (secondary N) is 1. The molecule has 0 aromatic heterocycles. The molecule has 1 aliphatic rings. The van der Waals surface area contributed by atoms with Crippen molar-refractivity contribution in [3.63, 3.8) is 0 Å². The molecule has 5 nitrogen and oxygen atoms in total. The monoisotopic (exact) mass is 295 g/mol. The third-order valence-corrected chi connectivity index (χ3v) is 3.86. The lowest BCUT2D eigenvalue weighted by Crippen LogP contribution is -2.24. The van der Waals surface area contributed by atoms with Crippen LogP contribution in [0, 0.1) is 0 Å². The Hall–Kier alpha value is -1.75. The molecule has 20 heavy (non-hydrogen) atoms. The average Bonchev–Trinajstić information content (AvgIpc) is 2.44. The summed E-state index contributed by atoms with van der Waals surface area (Å²) in [6.45, 7) is 0. The number of benzene rings is 1. The second kappa shape index (κ2) is 6.61. The molecule has 0 saturated heterocycles. The van der Waals surface area contributed by atoms with Crippen LogP contribution in [-0.2, 0) is 0 Å². The van der Waals surface area contributed by atoms with Crippen LogP contribution in [0.5, 0.6) is 5.75 Å². The van der Waals surface area contributed by atoms with Gasteiger partial charge in [0.1, 0.15) is 5.75 Å². The third kappa shape index (κ3) is 3.63. The van der Waals surface area contributed by atoms with Gasteiger partial charge in [0, 0.05) is 5.56 Å². The van der Waals surface area contributed by atoms with Crippen molar-refractivity contribution in [1.82, 2.24) is 5.43 Å². The molecule has 2 amide bonds. The Bertz CT molecular complexity index is 525. The molecule has 1 aliphatic carbocycles. The first-order chi connectivity index (χ1) is 9.58. The lowest BCUT2D eigenvalue weighted by molar-refractivity contribution is 0.249. The molecule has 0 atom stereocenters. The van der Waals surface area contributed by atoms with E-state index in [9.17, 15) is 9.90 Å². The SMILES string of the molecule is NC(=O)N/N=C\c1cc(C2CCCCC2)cc(Cl)c1O. The minimum atomic E-state index is -0.754. The van der Waals surface area contributed by atoms with Crippen LogP contribution in [0.2, 0.25) is 5.02 Å². The fourth-order valence-corrected chi connectivity index (χ4v) is 2.81. The van der Waals surface area contributed by atoms with Crippen LogP contribution in [0.25, 0.3) is 0 Å². The van der Waals surface area contributed by atoms with E-state index in [0.29, 0.717) is 16.5 Å². The van der Waals surface area contributed by atoms with E-state index in [1.165, 1.54) is 25.5 Å². The number of halogens is 1. The molecule has 0 aliphatic heterocycles. The molecular weight excluding hydrogens is 278 g/mol. The van der Waals surface area contributed by atoms with Crippen molar-refractivity contribution >= 4 is 23.8 Å². The molecule has 1 saturated carbocycles. The number of nitrogens with zero attached hydrogens (tertiary/aromatic N) is 1. The summed E-state index contributed by atoms with van der Waals surface area (Å²) in [6.07, 6.45) is 7.33. The summed E-state index contributed by atoms with van der Waals surface area (Å²) in [5, 5.41) is 13.9. The summed E-state index contributed by atoms with van der Waals surface area (Å²) in [4.78, 5) is 10.6. The van der Waals surface area contributed by atoms with Gasteiger partial charge in [-0.05, 0) is 36.5 Å². The molecule has 2 rings (SSSR count). The molecule has 4 N–H and O–H groups in total. The van der Waals surface area contributed by atoms with E-state index in [-0.39, 0.29) is 5.75 Å². The van der Waals surface area contributed by atoms with Crippen LogP contribution < -0.4 is 11.2 Å². The van der Waals surface area contributed by atoms with Crippen LogP contribution in [-0.4, -0.2) is 17.4 Å². The van der Waals surface area contributed by atoms with Crippen molar-refractivity contribution in [1.29, 1.82) is 0 Å². The third-order valence-electron chi connectivity index (χ3n) is 3.57. The first-order valence-electron chi connectivity index (χ1n) is 6.69. The molecule has 1 fully saturated rings. The van der Waals surface area contributed by atoms with Crippen molar-refractivity contribution in [2.45, 2.75) is 38.0 Å². The highest BCUT2D eigenvalue weighted by molar-refractivity contribution is 6.32. The van der Waals surface area contributed by atoms with Gasteiger partial charge in [0.05, 0.1) is 11.2 Å². The van der Waals surface area contributed by atoms with Crippen LogP contribution >= 0.6 is 11.6 Å². The summed E-state index contributed by atoms with van der Waals surface area (Å²) < 4.78 is 0. The van der Waals surface area contributed by atoms with E-state index >= 15 is 0 Å². The Balaban J connectivity index is 2.24. The number of hydrogen-bond acceptors (Lipinski definition) is 3. The van der Waals surface area contributed by atoms with Gasteiger partial charge < -0.3 is 10.8 Å². The molecular formula is C14H18ClN3O2. The summed E-state index contributed by atoms with van der Waals surface area (Å²) in [7, 11) is 0. The topological polar surface area (TPSA) is 87.7 Å². The van der Waals surface area contributed by atoms with Crippen LogP contribution in [0.1, 0.15) is 49.1 Å². The number of hydrazone groups is 1. The number of amides is 2. The number of primary amides is 1. The maximum absolute atomic E-state index is 10.6. The van der Waals surface area contributed by atoms with E-state index < -0.39 is 6.03 Å². The number of rotatable bonds is 3. The van der Waals surface area contributed by atoms with Crippen molar-refractivity contribution in [2.75, 3.05) is 0 Å². The van der Waals surface area contributed by atoms with E-state index in [0.717, 1.165) is 18.4 Å². The van der Waals surface area contributed by atoms with Gasteiger partial charge in [-0.2, -0.15) is 5.10 Å². The van der Waals surface area contributed by atoms with Gasteiger partial charge in [-0.1, -0.05) is 30.9 Å². The first kappa shape index (κ1) is 14.7. The maximum Gasteiger partial charge on any atom is 0.332 e. The van der Waals surface area contributed by atoms with Crippen molar-refractivity contribution in [3.8, 4) is 5.75 Å². The number of hydrogen-bond donors (Lipinski definition) is 3. The van der Waals surface area contributed by atoms with E-state index in [1.807, 2.05) is 12.1 Å². The maximum atomic E-state index is 10.6. The molecule has 108 valence electrons. The predicted octanol–water partition coefficient (Wildman–Crippen LogP) is 3.10. The fourth-order valence-electron chi connectivity index (χ4n) is 2.58. The minimum Gasteiger partial charge on any atom is -0.506 e. The number of nitrogens with two attached hydrogens (primary N) is 1. The Morgan fingerprint density at radius 2 is 2.10 bits per heavy atom. The lowest BCUT2D eigenvalue weighted by Gasteiger charge is -2.22. The first-order valence-corrected chi connectivity index (χ1v) is 7.06. The zero-order valence-electron chi connectivity index (χ0n) is 11.1. The molecule has 0 spiro atoms. The smallest absolute Gasteiger partial charge is 0.332 e. The highest BCUT2D eigenvalue weighted by Gasteiger charge is 2.18. The van der Waals surface area contributed by atoms with E-state index in [2.05, 4.69) is 10.5 Å². The van der Waals surface area contributed by atoms with Gasteiger partial charge in [-0.25, -0.2) is 10.2 Å². The van der Waals surface area contributed by atoms with Gasteiger partial charge in [0.25, 0.3) is 0 Å². The van der Waals surface area contributed by atoms with Crippen LogP contribution in [0.4, 0.5) is 4.79 Å². The molecule has 0 bridgehead atoms. The van der Waals surface area contributed by atoms with E-state index in [1.54, 1.807) is 0 Å². The predicted molar refractivity (Wildman–Crippen MR) is 79.3 cm³/mol. The second-order valence-electron chi connectivity index (χ2n) is 5.01. The van der Waals surface area contributed by atoms with Crippen LogP contribution in [0.3, 0.4) is 0 Å². The Morgan fingerprint density at radius 1 is 1.40 bits per heavy atom. The highest BCUT2D eigenvalue weighted by Crippen LogP contribution is 2.37. The Morgan fingerprint density at radius 3 is 2.75 bits per heavy atom. The molecule has 1 aromatic rings. The number of phenolic OH excluding ortho intramolecular Hbond substituents is 1. The van der Waals surface area contributed by atoms with Crippen LogP contribution in [0.15, 0.2) is 17.2 Å². The van der Waals surface area contributed by atoms with E-state index in [4.69, 9.17) is 17.3 Å². The number of carbonyl (C=O) groups is 1. The summed E-state index contributed by atoms with van der Waals surface area (Å²) in [6, 6.07) is 2.92. The average molecular weight is 296 g/mol. The van der Waals surface area contributed by atoms with Crippen molar-refractivity contribution < 1.29 is 9.90 Å². The van der Waals surface area contributed by atoms with Gasteiger partial charge in [-0.15, -0.1) is 0 Å². The normalized spacial score (nSPS) is 16.4. The summed E-state index contributed by atoms with van der Waals surface area (Å²) in [5.41, 5.74) is 8.60. The van der Waals surface area contributed by atoms with Gasteiger partial charge >= 0.3 is 6.03 Å². The fraction of sp³-hybridized carbons (Fsp3) is 0.429. The van der Waals surface area contributed by atoms with Gasteiger partial charge in [-0.3, -0.25) is 0 Å². The zero-order valence-corrected chi connectivity index (χ0v) is 11.9. The lowest BCUT2D eigenvalue weighted by atomic mass is 9.83. The number of urea groups is 1. The number of phenols is 1. The summed E-state index contributed by atoms with van der Waals surface area (Å²) in [5.74, 6) is 0.430. The van der Waals surface area contributed by atoms with Gasteiger partial charge in [0.15, 0.2) is 0 Å².